The number of hydrogen-bond donors (Lipinski definition) is 8. The van der Waals surface area contributed by atoms with Gasteiger partial charge >= 0.3 is 6.03 Å². The van der Waals surface area contributed by atoms with E-state index in [1.54, 1.807) is 7.05 Å². The molecule has 0 aliphatic rings. The molecule has 2 aromatic heterocycles. The van der Waals surface area contributed by atoms with Crippen molar-refractivity contribution in [1.82, 2.24) is 42.5 Å². The summed E-state index contributed by atoms with van der Waals surface area (Å²) in [6, 6.07) is 24.3. The molecule has 2 heterocycles. The van der Waals surface area contributed by atoms with Crippen LogP contribution in [0, 0.1) is 0 Å². The number of hydrazine groups is 3. The summed E-state index contributed by atoms with van der Waals surface area (Å²) < 4.78 is 0. The number of carbonyl (C=O) groups is 3. The Labute approximate surface area is 223 Å². The third kappa shape index (κ3) is 4.91. The highest BCUT2D eigenvalue weighted by Crippen LogP contribution is 2.42. The van der Waals surface area contributed by atoms with E-state index < -0.39 is 17.9 Å². The molecule has 0 bridgehead atoms. The smallest absolute Gasteiger partial charge is 0.347 e. The Kier molecular flexibility index (Phi) is 7.26. The number of aromatic nitrogens is 2. The van der Waals surface area contributed by atoms with E-state index in [2.05, 4.69) is 42.5 Å². The minimum atomic E-state index is -0.634. The molecule has 4 amide bonds. The maximum Gasteiger partial charge on any atom is 0.347 e. The third-order valence-corrected chi connectivity index (χ3v) is 6.42. The lowest BCUT2D eigenvalue weighted by Gasteiger charge is -2.21. The molecule has 1 atom stereocenters. The second kappa shape index (κ2) is 11.1. The fraction of sp³-hybridized carbons (Fsp3) is 0.107. The van der Waals surface area contributed by atoms with Crippen LogP contribution in [0.5, 0.6) is 0 Å². The number of hydrogen-bond acceptors (Lipinski definition) is 5. The quantitative estimate of drug-likeness (QED) is 0.154. The Morgan fingerprint density at radius 2 is 1.08 bits per heavy atom. The summed E-state index contributed by atoms with van der Waals surface area (Å²) in [5.74, 6) is -1.43. The number of H-pyrrole nitrogens is 2. The van der Waals surface area contributed by atoms with Gasteiger partial charge in [-0.1, -0.05) is 66.7 Å². The summed E-state index contributed by atoms with van der Waals surface area (Å²) in [6.07, 6.45) is 0. The molecule has 0 saturated heterocycles. The summed E-state index contributed by atoms with van der Waals surface area (Å²) in [5, 5.41) is 1.65. The molecule has 3 aromatic carbocycles. The molecule has 5 aromatic rings. The molecule has 1 unspecified atom stereocenters. The Morgan fingerprint density at radius 3 is 1.62 bits per heavy atom. The summed E-state index contributed by atoms with van der Waals surface area (Å²) in [6.45, 7) is 0. The summed E-state index contributed by atoms with van der Waals surface area (Å²) in [4.78, 5) is 45.3. The molecular weight excluding hydrogens is 496 g/mol. The Bertz CT molecular complexity index is 1660. The van der Waals surface area contributed by atoms with Crippen molar-refractivity contribution in [3.05, 3.63) is 107 Å². The summed E-state index contributed by atoms with van der Waals surface area (Å²) >= 11 is 0. The Hall–Kier alpha value is -5.13. The Balaban J connectivity index is 1.78. The van der Waals surface area contributed by atoms with Gasteiger partial charge in [0.15, 0.2) is 0 Å². The van der Waals surface area contributed by atoms with E-state index in [1.165, 1.54) is 7.05 Å². The fourth-order valence-electron chi connectivity index (χ4n) is 4.91. The maximum atomic E-state index is 13.5. The molecule has 0 aliphatic heterocycles. The molecule has 0 fully saturated rings. The van der Waals surface area contributed by atoms with Crippen molar-refractivity contribution in [2.75, 3.05) is 14.1 Å². The highest BCUT2D eigenvalue weighted by Gasteiger charge is 2.32. The van der Waals surface area contributed by atoms with E-state index in [1.807, 2.05) is 78.9 Å². The highest BCUT2D eigenvalue weighted by atomic mass is 16.2. The predicted octanol–water partition coefficient (Wildman–Crippen LogP) is 2.77. The van der Waals surface area contributed by atoms with Crippen LogP contribution in [0.1, 0.15) is 43.6 Å². The molecule has 198 valence electrons. The van der Waals surface area contributed by atoms with Crippen molar-refractivity contribution >= 4 is 39.7 Å². The van der Waals surface area contributed by atoms with Crippen LogP contribution in [0.15, 0.2) is 78.9 Å². The average molecular weight is 525 g/mol. The van der Waals surface area contributed by atoms with Crippen molar-refractivity contribution in [2.45, 2.75) is 5.92 Å². The SMILES string of the molecule is CNNC(=O)NNC(=O)c1[nH]c2ccccc2c1C(c1ccccc1)c1c(C(=O)NNC)[nH]c2ccccc12. The van der Waals surface area contributed by atoms with Gasteiger partial charge in [0.1, 0.15) is 11.4 Å². The van der Waals surface area contributed by atoms with Gasteiger partial charge in [-0.15, -0.1) is 0 Å². The zero-order chi connectivity index (χ0) is 27.4. The zero-order valence-corrected chi connectivity index (χ0v) is 21.3. The molecule has 5 rings (SSSR count). The van der Waals surface area contributed by atoms with Gasteiger partial charge in [-0.2, -0.15) is 0 Å². The van der Waals surface area contributed by atoms with Gasteiger partial charge < -0.3 is 9.97 Å². The van der Waals surface area contributed by atoms with Gasteiger partial charge in [-0.05, 0) is 17.7 Å². The molecule has 11 nitrogen and oxygen atoms in total. The topological polar surface area (TPSA) is 155 Å². The number of amides is 4. The first-order valence-electron chi connectivity index (χ1n) is 12.3. The number of benzene rings is 3. The lowest BCUT2D eigenvalue weighted by Crippen LogP contribution is -2.50. The van der Waals surface area contributed by atoms with Gasteiger partial charge in [0.2, 0.25) is 0 Å². The number of rotatable bonds is 7. The number of aromatic amines is 2. The number of para-hydroxylation sites is 2. The van der Waals surface area contributed by atoms with Crippen molar-refractivity contribution in [3.63, 3.8) is 0 Å². The van der Waals surface area contributed by atoms with Gasteiger partial charge in [-0.3, -0.25) is 25.9 Å². The second-order valence-corrected chi connectivity index (χ2v) is 8.75. The normalized spacial score (nSPS) is 11.7. The fourth-order valence-corrected chi connectivity index (χ4v) is 4.91. The maximum absolute atomic E-state index is 13.5. The van der Waals surface area contributed by atoms with Crippen LogP contribution in [0.25, 0.3) is 21.8 Å². The van der Waals surface area contributed by atoms with Crippen LogP contribution in [0.4, 0.5) is 4.79 Å². The number of carbonyl (C=O) groups excluding carboxylic acids is 3. The first-order chi connectivity index (χ1) is 19.0. The van der Waals surface area contributed by atoms with Gasteiger partial charge in [0.25, 0.3) is 11.8 Å². The van der Waals surface area contributed by atoms with Crippen molar-refractivity contribution in [1.29, 1.82) is 0 Å². The summed E-state index contributed by atoms with van der Waals surface area (Å²) in [5.41, 5.74) is 19.4. The number of nitrogens with one attached hydrogen (secondary N) is 8. The van der Waals surface area contributed by atoms with Crippen LogP contribution in [-0.4, -0.2) is 41.9 Å². The number of fused-ring (bicyclic) bond motifs is 2. The predicted molar refractivity (Wildman–Crippen MR) is 149 cm³/mol. The third-order valence-electron chi connectivity index (χ3n) is 6.42. The molecule has 8 N–H and O–H groups in total. The van der Waals surface area contributed by atoms with Crippen LogP contribution in [0.2, 0.25) is 0 Å². The second-order valence-electron chi connectivity index (χ2n) is 8.75. The van der Waals surface area contributed by atoms with Crippen LogP contribution in [0.3, 0.4) is 0 Å². The summed E-state index contributed by atoms with van der Waals surface area (Å²) in [7, 11) is 3.15. The van der Waals surface area contributed by atoms with E-state index >= 15 is 0 Å². The van der Waals surface area contributed by atoms with Crippen LogP contribution >= 0.6 is 0 Å². The zero-order valence-electron chi connectivity index (χ0n) is 21.3. The van der Waals surface area contributed by atoms with E-state index in [0.29, 0.717) is 16.8 Å². The first kappa shape index (κ1) is 25.5. The van der Waals surface area contributed by atoms with Gasteiger partial charge in [0.05, 0.1) is 0 Å². The van der Waals surface area contributed by atoms with Crippen molar-refractivity contribution < 1.29 is 14.4 Å². The molecule has 0 aliphatic carbocycles. The van der Waals surface area contributed by atoms with Gasteiger partial charge in [0, 0.05) is 52.9 Å². The Morgan fingerprint density at radius 1 is 0.590 bits per heavy atom. The number of urea groups is 1. The van der Waals surface area contributed by atoms with E-state index in [0.717, 1.165) is 27.4 Å². The van der Waals surface area contributed by atoms with Crippen LogP contribution in [-0.2, 0) is 0 Å². The minimum Gasteiger partial charge on any atom is -0.350 e. The molecule has 0 radical (unpaired) electrons. The minimum absolute atomic E-state index is 0.250. The first-order valence-corrected chi connectivity index (χ1v) is 12.3. The molecule has 0 saturated carbocycles. The van der Waals surface area contributed by atoms with Crippen molar-refractivity contribution in [3.8, 4) is 0 Å². The lowest BCUT2D eigenvalue weighted by atomic mass is 9.81. The molecule has 39 heavy (non-hydrogen) atoms. The van der Waals surface area contributed by atoms with E-state index in [-0.39, 0.29) is 11.6 Å². The van der Waals surface area contributed by atoms with E-state index in [4.69, 9.17) is 0 Å². The van der Waals surface area contributed by atoms with Crippen LogP contribution < -0.4 is 32.6 Å². The largest absolute Gasteiger partial charge is 0.350 e. The molecule has 11 heteroatoms. The monoisotopic (exact) mass is 524 g/mol. The average Bonchev–Trinajstić information content (AvgIpc) is 3.53. The lowest BCUT2D eigenvalue weighted by molar-refractivity contribution is 0.0926. The molecule has 0 spiro atoms. The van der Waals surface area contributed by atoms with E-state index in [9.17, 15) is 14.4 Å². The highest BCUT2D eigenvalue weighted by molar-refractivity contribution is 6.05. The molecular formula is C28H28N8O3. The van der Waals surface area contributed by atoms with Crippen molar-refractivity contribution in [2.24, 2.45) is 0 Å². The van der Waals surface area contributed by atoms with Gasteiger partial charge in [-0.25, -0.2) is 21.1 Å². The standard InChI is InChI=1S/C28H28N8O3/c1-29-33-26(37)24-22(17-12-6-8-14-19(17)31-24)21(16-10-4-3-5-11-16)23-18-13-7-9-15-20(18)32-25(23)27(38)34-36-28(39)35-30-2/h3-15,21,29-32H,1-2H3,(H,33,37)(H,34,38)(H2,35,36,39).